The van der Waals surface area contributed by atoms with E-state index in [9.17, 15) is 9.59 Å². The van der Waals surface area contributed by atoms with E-state index in [2.05, 4.69) is 5.32 Å². The number of carbonyl (C=O) groups is 2. The van der Waals surface area contributed by atoms with E-state index in [1.54, 1.807) is 30.3 Å². The molecule has 0 unspecified atom stereocenters. The van der Waals surface area contributed by atoms with E-state index in [0.717, 1.165) is 11.1 Å². The summed E-state index contributed by atoms with van der Waals surface area (Å²) in [5, 5.41) is 2.39. The Hall–Kier alpha value is -2.42. The fourth-order valence-corrected chi connectivity index (χ4v) is 1.90. The van der Waals surface area contributed by atoms with Gasteiger partial charge in [0.25, 0.3) is 11.8 Å². The molecule has 2 aromatic carbocycles. The molecule has 0 radical (unpaired) electrons. The van der Waals surface area contributed by atoms with Crippen LogP contribution in [-0.2, 0) is 0 Å². The zero-order chi connectivity index (χ0) is 13.8. The van der Waals surface area contributed by atoms with Gasteiger partial charge in [0.15, 0.2) is 0 Å². The third-order valence-corrected chi connectivity index (χ3v) is 2.89. The molecule has 0 saturated carbocycles. The van der Waals surface area contributed by atoms with Crippen molar-refractivity contribution in [2.45, 2.75) is 13.8 Å². The monoisotopic (exact) mass is 253 g/mol. The summed E-state index contributed by atoms with van der Waals surface area (Å²) in [6.45, 7) is 3.82. The summed E-state index contributed by atoms with van der Waals surface area (Å²) >= 11 is 0. The molecule has 0 atom stereocenters. The Morgan fingerprint density at radius 2 is 1.58 bits per heavy atom. The molecule has 1 N–H and O–H groups in total. The van der Waals surface area contributed by atoms with Crippen LogP contribution in [0.25, 0.3) is 0 Å². The average molecular weight is 253 g/mol. The molecule has 96 valence electrons. The van der Waals surface area contributed by atoms with Crippen LogP contribution in [0, 0.1) is 13.8 Å². The summed E-state index contributed by atoms with van der Waals surface area (Å²) < 4.78 is 0. The third-order valence-electron chi connectivity index (χ3n) is 2.89. The fraction of sp³-hybridized carbons (Fsp3) is 0.125. The Kier molecular flexibility index (Phi) is 3.76. The number of hydrogen-bond acceptors (Lipinski definition) is 2. The van der Waals surface area contributed by atoms with Crippen molar-refractivity contribution in [3.63, 3.8) is 0 Å². The molecule has 0 aliphatic heterocycles. The Bertz CT molecular complexity index is 618. The highest BCUT2D eigenvalue weighted by molar-refractivity contribution is 6.10. The molecular weight excluding hydrogens is 238 g/mol. The third kappa shape index (κ3) is 3.07. The molecule has 2 aromatic rings. The summed E-state index contributed by atoms with van der Waals surface area (Å²) in [4.78, 5) is 23.9. The lowest BCUT2D eigenvalue weighted by Gasteiger charge is -2.07. The molecule has 3 nitrogen and oxygen atoms in total. The first-order chi connectivity index (χ1) is 9.08. The smallest absolute Gasteiger partial charge is 0.258 e. The number of aryl methyl sites for hydroxylation is 2. The van der Waals surface area contributed by atoms with Gasteiger partial charge < -0.3 is 0 Å². The number of imide groups is 1. The molecule has 0 heterocycles. The maximum Gasteiger partial charge on any atom is 0.258 e. The summed E-state index contributed by atoms with van der Waals surface area (Å²) in [7, 11) is 0. The van der Waals surface area contributed by atoms with E-state index in [4.69, 9.17) is 0 Å². The highest BCUT2D eigenvalue weighted by Gasteiger charge is 2.13. The predicted octanol–water partition coefficient (Wildman–Crippen LogP) is 2.87. The minimum atomic E-state index is -0.384. The average Bonchev–Trinajstić information content (AvgIpc) is 2.39. The second-order valence-corrected chi connectivity index (χ2v) is 4.47. The van der Waals surface area contributed by atoms with Crippen LogP contribution in [0.1, 0.15) is 31.8 Å². The highest BCUT2D eigenvalue weighted by Crippen LogP contribution is 2.10. The van der Waals surface area contributed by atoms with Crippen LogP contribution in [-0.4, -0.2) is 11.8 Å². The molecule has 0 saturated heterocycles. The van der Waals surface area contributed by atoms with Gasteiger partial charge in [0.05, 0.1) is 0 Å². The first kappa shape index (κ1) is 13.0. The van der Waals surface area contributed by atoms with E-state index in [1.807, 2.05) is 32.0 Å². The normalized spacial score (nSPS) is 10.0. The van der Waals surface area contributed by atoms with Crippen molar-refractivity contribution in [2.24, 2.45) is 0 Å². The number of amides is 2. The molecule has 0 spiro atoms. The van der Waals surface area contributed by atoms with Crippen LogP contribution in [0.4, 0.5) is 0 Å². The van der Waals surface area contributed by atoms with Crippen molar-refractivity contribution >= 4 is 11.8 Å². The van der Waals surface area contributed by atoms with Crippen molar-refractivity contribution in [3.8, 4) is 0 Å². The van der Waals surface area contributed by atoms with Gasteiger partial charge in [0, 0.05) is 11.1 Å². The predicted molar refractivity (Wildman–Crippen MR) is 74.2 cm³/mol. The van der Waals surface area contributed by atoms with Gasteiger partial charge in [-0.3, -0.25) is 14.9 Å². The second kappa shape index (κ2) is 5.48. The first-order valence-corrected chi connectivity index (χ1v) is 6.06. The zero-order valence-corrected chi connectivity index (χ0v) is 10.9. The molecule has 0 aromatic heterocycles. The molecular formula is C16H15NO2. The van der Waals surface area contributed by atoms with Crippen LogP contribution in [0.15, 0.2) is 48.5 Å². The molecule has 2 amide bonds. The van der Waals surface area contributed by atoms with Crippen molar-refractivity contribution in [2.75, 3.05) is 0 Å². The van der Waals surface area contributed by atoms with E-state index in [1.165, 1.54) is 0 Å². The lowest BCUT2D eigenvalue weighted by Crippen LogP contribution is -2.30. The van der Waals surface area contributed by atoms with Crippen LogP contribution < -0.4 is 5.32 Å². The van der Waals surface area contributed by atoms with E-state index in [0.29, 0.717) is 11.1 Å². The van der Waals surface area contributed by atoms with Crippen molar-refractivity contribution in [1.29, 1.82) is 0 Å². The molecule has 19 heavy (non-hydrogen) atoms. The van der Waals surface area contributed by atoms with Crippen molar-refractivity contribution in [3.05, 3.63) is 70.8 Å². The number of hydrogen-bond donors (Lipinski definition) is 1. The molecule has 3 heteroatoms. The summed E-state index contributed by atoms with van der Waals surface area (Å²) in [5.74, 6) is -0.753. The van der Waals surface area contributed by atoms with Gasteiger partial charge in [0.2, 0.25) is 0 Å². The quantitative estimate of drug-likeness (QED) is 0.836. The number of carbonyl (C=O) groups excluding carboxylic acids is 2. The Labute approximate surface area is 112 Å². The number of nitrogens with one attached hydrogen (secondary N) is 1. The van der Waals surface area contributed by atoms with Crippen molar-refractivity contribution < 1.29 is 9.59 Å². The molecule has 2 rings (SSSR count). The van der Waals surface area contributed by atoms with Gasteiger partial charge >= 0.3 is 0 Å². The number of rotatable bonds is 2. The van der Waals surface area contributed by atoms with Crippen LogP contribution in [0.2, 0.25) is 0 Å². The van der Waals surface area contributed by atoms with Gasteiger partial charge in [-0.05, 0) is 37.6 Å². The van der Waals surface area contributed by atoms with Gasteiger partial charge in [0.1, 0.15) is 0 Å². The van der Waals surface area contributed by atoms with Crippen LogP contribution >= 0.6 is 0 Å². The standard InChI is InChI=1S/C16H15NO2/c1-11-8-9-14(12(2)10-11)16(19)17-15(18)13-6-4-3-5-7-13/h3-10H,1-2H3,(H,17,18,19). The Balaban J connectivity index is 2.15. The highest BCUT2D eigenvalue weighted by atomic mass is 16.2. The van der Waals surface area contributed by atoms with Gasteiger partial charge in [-0.25, -0.2) is 0 Å². The lowest BCUT2D eigenvalue weighted by atomic mass is 10.1. The van der Waals surface area contributed by atoms with E-state index >= 15 is 0 Å². The summed E-state index contributed by atoms with van der Waals surface area (Å²) in [6.07, 6.45) is 0. The Morgan fingerprint density at radius 1 is 0.895 bits per heavy atom. The molecule has 0 fully saturated rings. The number of benzene rings is 2. The minimum absolute atomic E-state index is 0.369. The van der Waals surface area contributed by atoms with Crippen LogP contribution in [0.3, 0.4) is 0 Å². The lowest BCUT2D eigenvalue weighted by molar-refractivity contribution is 0.0849. The second-order valence-electron chi connectivity index (χ2n) is 4.47. The first-order valence-electron chi connectivity index (χ1n) is 6.06. The Morgan fingerprint density at radius 3 is 2.21 bits per heavy atom. The van der Waals surface area contributed by atoms with E-state index < -0.39 is 0 Å². The molecule has 0 aliphatic carbocycles. The van der Waals surface area contributed by atoms with Gasteiger partial charge in [-0.2, -0.15) is 0 Å². The summed E-state index contributed by atoms with van der Waals surface area (Å²) in [6, 6.07) is 14.2. The summed E-state index contributed by atoms with van der Waals surface area (Å²) in [5.41, 5.74) is 2.94. The minimum Gasteiger partial charge on any atom is -0.288 e. The van der Waals surface area contributed by atoms with Crippen molar-refractivity contribution in [1.82, 2.24) is 5.32 Å². The zero-order valence-electron chi connectivity index (χ0n) is 10.9. The van der Waals surface area contributed by atoms with Crippen LogP contribution in [0.5, 0.6) is 0 Å². The SMILES string of the molecule is Cc1ccc(C(=O)NC(=O)c2ccccc2)c(C)c1. The van der Waals surface area contributed by atoms with E-state index in [-0.39, 0.29) is 11.8 Å². The molecule has 0 bridgehead atoms. The maximum absolute atomic E-state index is 12.0. The maximum atomic E-state index is 12.0. The topological polar surface area (TPSA) is 46.2 Å². The molecule has 0 aliphatic rings. The fourth-order valence-electron chi connectivity index (χ4n) is 1.90. The van der Waals surface area contributed by atoms with Gasteiger partial charge in [-0.1, -0.05) is 35.9 Å². The largest absolute Gasteiger partial charge is 0.288 e. The van der Waals surface area contributed by atoms with Gasteiger partial charge in [-0.15, -0.1) is 0 Å².